The number of anilines is 1. The third-order valence-electron chi connectivity index (χ3n) is 5.96. The van der Waals surface area contributed by atoms with Crippen LogP contribution in [-0.4, -0.2) is 36.9 Å². The van der Waals surface area contributed by atoms with Gasteiger partial charge in [-0.3, -0.25) is 4.79 Å². The second kappa shape index (κ2) is 10.5. The number of alkyl halides is 3. The predicted octanol–water partition coefficient (Wildman–Crippen LogP) is 5.35. The van der Waals surface area contributed by atoms with Crippen LogP contribution < -0.4 is 5.32 Å². The summed E-state index contributed by atoms with van der Waals surface area (Å²) in [5, 5.41) is 6.21. The molecule has 1 aliphatic rings. The van der Waals surface area contributed by atoms with Crippen LogP contribution in [0.25, 0.3) is 12.2 Å². The summed E-state index contributed by atoms with van der Waals surface area (Å²) < 4.78 is 86.3. The van der Waals surface area contributed by atoms with Crippen LogP contribution in [-0.2, 0) is 21.0 Å². The largest absolute Gasteiger partial charge is 0.416 e. The molecule has 0 bridgehead atoms. The first kappa shape index (κ1) is 26.6. The van der Waals surface area contributed by atoms with Crippen LogP contribution in [0.3, 0.4) is 0 Å². The van der Waals surface area contributed by atoms with Gasteiger partial charge in [0.05, 0.1) is 11.5 Å². The van der Waals surface area contributed by atoms with E-state index < -0.39 is 39.4 Å². The molecule has 2 heterocycles. The van der Waals surface area contributed by atoms with Gasteiger partial charge in [0.15, 0.2) is 10.7 Å². The maximum absolute atomic E-state index is 14.0. The fraction of sp³-hybridized carbons (Fsp3) is 0.280. The molecular weight excluding hydrogens is 514 g/mol. The molecule has 1 aromatic heterocycles. The number of halogens is 4. The summed E-state index contributed by atoms with van der Waals surface area (Å²) in [6, 6.07) is 10.2. The summed E-state index contributed by atoms with van der Waals surface area (Å²) >= 11 is 0. The van der Waals surface area contributed by atoms with Gasteiger partial charge in [-0.2, -0.15) is 17.5 Å². The number of amides is 1. The van der Waals surface area contributed by atoms with Gasteiger partial charge in [0.25, 0.3) is 0 Å². The molecule has 0 spiro atoms. The lowest BCUT2D eigenvalue weighted by atomic mass is 9.98. The van der Waals surface area contributed by atoms with Gasteiger partial charge in [-0.1, -0.05) is 29.4 Å². The zero-order valence-corrected chi connectivity index (χ0v) is 20.4. The Morgan fingerprint density at radius 2 is 1.92 bits per heavy atom. The first-order valence-electron chi connectivity index (χ1n) is 11.3. The molecule has 1 atom stereocenters. The normalized spacial score (nSPS) is 17.3. The molecule has 1 fully saturated rings. The first-order valence-corrected chi connectivity index (χ1v) is 12.8. The molecule has 1 saturated heterocycles. The molecule has 196 valence electrons. The van der Waals surface area contributed by atoms with E-state index in [0.717, 1.165) is 16.4 Å². The van der Waals surface area contributed by atoms with Gasteiger partial charge in [0.1, 0.15) is 11.5 Å². The van der Waals surface area contributed by atoms with Gasteiger partial charge in [-0.15, -0.1) is 0 Å². The van der Waals surface area contributed by atoms with Crippen molar-refractivity contribution in [1.82, 2.24) is 9.46 Å². The molecule has 0 aliphatic carbocycles. The van der Waals surface area contributed by atoms with Crippen LogP contribution in [0.2, 0.25) is 0 Å². The smallest absolute Gasteiger partial charge is 0.355 e. The van der Waals surface area contributed by atoms with E-state index in [-0.39, 0.29) is 40.7 Å². The average molecular weight is 538 g/mol. The molecule has 0 radical (unpaired) electrons. The van der Waals surface area contributed by atoms with E-state index in [1.165, 1.54) is 49.4 Å². The lowest BCUT2D eigenvalue weighted by Gasteiger charge is -2.31. The minimum atomic E-state index is -4.56. The number of rotatable bonds is 6. The van der Waals surface area contributed by atoms with Crippen molar-refractivity contribution in [3.63, 3.8) is 0 Å². The third-order valence-corrected chi connectivity index (χ3v) is 7.99. The SMILES string of the molecule is Cc1noc(/C=C/c2ccccc2F)c1S(=O)(=O)N1CCC[C@H](C(=O)Nc2cccc(C(F)(F)F)c2)C1. The van der Waals surface area contributed by atoms with Crippen LogP contribution >= 0.6 is 0 Å². The van der Waals surface area contributed by atoms with E-state index in [1.807, 2.05) is 0 Å². The number of hydrogen-bond acceptors (Lipinski definition) is 5. The van der Waals surface area contributed by atoms with Gasteiger partial charge < -0.3 is 9.84 Å². The number of carbonyl (C=O) groups excluding carboxylic acids is 1. The molecule has 1 aliphatic heterocycles. The molecular formula is C25H23F4N3O4S. The topological polar surface area (TPSA) is 92.5 Å². The van der Waals surface area contributed by atoms with Crippen LogP contribution in [0.4, 0.5) is 23.2 Å². The Balaban J connectivity index is 1.53. The quantitative estimate of drug-likeness (QED) is 0.428. The van der Waals surface area contributed by atoms with Crippen molar-refractivity contribution in [2.75, 3.05) is 18.4 Å². The van der Waals surface area contributed by atoms with E-state index in [9.17, 15) is 30.8 Å². The molecule has 7 nitrogen and oxygen atoms in total. The van der Waals surface area contributed by atoms with Crippen molar-refractivity contribution < 1.29 is 35.3 Å². The van der Waals surface area contributed by atoms with Gasteiger partial charge in [0, 0.05) is 24.3 Å². The van der Waals surface area contributed by atoms with Gasteiger partial charge in [0.2, 0.25) is 15.9 Å². The first-order chi connectivity index (χ1) is 17.5. The Labute approximate surface area is 210 Å². The number of aryl methyl sites for hydroxylation is 1. The number of hydrogen-bond donors (Lipinski definition) is 1. The maximum Gasteiger partial charge on any atom is 0.416 e. The molecule has 0 saturated carbocycles. The van der Waals surface area contributed by atoms with Crippen molar-refractivity contribution in [1.29, 1.82) is 0 Å². The Kier molecular flexibility index (Phi) is 7.51. The number of aromatic nitrogens is 1. The Morgan fingerprint density at radius 3 is 2.65 bits per heavy atom. The van der Waals surface area contributed by atoms with Crippen molar-refractivity contribution in [2.45, 2.75) is 30.8 Å². The molecule has 3 aromatic rings. The molecule has 4 rings (SSSR count). The summed E-state index contributed by atoms with van der Waals surface area (Å²) in [5.74, 6) is -1.95. The monoisotopic (exact) mass is 537 g/mol. The number of benzene rings is 2. The highest BCUT2D eigenvalue weighted by molar-refractivity contribution is 7.89. The number of carbonyl (C=O) groups is 1. The number of sulfonamides is 1. The Bertz CT molecular complexity index is 1430. The molecule has 1 amide bonds. The van der Waals surface area contributed by atoms with Crippen molar-refractivity contribution in [3.8, 4) is 0 Å². The minimum Gasteiger partial charge on any atom is -0.355 e. The van der Waals surface area contributed by atoms with Crippen LogP contribution in [0.1, 0.15) is 35.4 Å². The van der Waals surface area contributed by atoms with Crippen LogP contribution in [0, 0.1) is 18.7 Å². The van der Waals surface area contributed by atoms with Crippen molar-refractivity contribution >= 4 is 33.8 Å². The minimum absolute atomic E-state index is 0.0322. The Hall–Kier alpha value is -3.51. The van der Waals surface area contributed by atoms with Crippen molar-refractivity contribution in [3.05, 3.63) is 76.9 Å². The highest BCUT2D eigenvalue weighted by atomic mass is 32.2. The van der Waals surface area contributed by atoms with Gasteiger partial charge >= 0.3 is 6.18 Å². The fourth-order valence-electron chi connectivity index (χ4n) is 4.10. The summed E-state index contributed by atoms with van der Waals surface area (Å²) in [5.41, 5.74) is -0.611. The second-order valence-corrected chi connectivity index (χ2v) is 10.5. The summed E-state index contributed by atoms with van der Waals surface area (Å²) in [4.78, 5) is 12.6. The summed E-state index contributed by atoms with van der Waals surface area (Å²) in [6.45, 7) is 1.42. The van der Waals surface area contributed by atoms with E-state index in [0.29, 0.717) is 12.8 Å². The standard InChI is InChI=1S/C25H23F4N3O4S/c1-16-23(22(36-31-16)12-11-17-6-2-3-10-21(17)26)37(34,35)32-13-5-7-18(15-32)24(33)30-20-9-4-8-19(14-20)25(27,28)29/h2-4,6,8-12,14,18H,5,7,13,15H2,1H3,(H,30,33)/b12-11+/t18-/m0/s1. The van der Waals surface area contributed by atoms with Crippen LogP contribution in [0.15, 0.2) is 57.9 Å². The zero-order chi connectivity index (χ0) is 26.8. The predicted molar refractivity (Wildman–Crippen MR) is 128 cm³/mol. The van der Waals surface area contributed by atoms with Gasteiger partial charge in [-0.05, 0) is 56.2 Å². The number of piperidine rings is 1. The molecule has 0 unspecified atom stereocenters. The Morgan fingerprint density at radius 1 is 1.16 bits per heavy atom. The van der Waals surface area contributed by atoms with E-state index >= 15 is 0 Å². The highest BCUT2D eigenvalue weighted by Crippen LogP contribution is 2.32. The molecule has 2 aromatic carbocycles. The van der Waals surface area contributed by atoms with E-state index in [2.05, 4.69) is 10.5 Å². The lowest BCUT2D eigenvalue weighted by molar-refractivity contribution is -0.137. The van der Waals surface area contributed by atoms with Crippen LogP contribution in [0.5, 0.6) is 0 Å². The number of nitrogens with one attached hydrogen (secondary N) is 1. The van der Waals surface area contributed by atoms with E-state index in [1.54, 1.807) is 6.07 Å². The summed E-state index contributed by atoms with van der Waals surface area (Å²) in [6.07, 6.45) is -1.15. The fourth-order valence-corrected chi connectivity index (χ4v) is 5.87. The molecule has 37 heavy (non-hydrogen) atoms. The lowest BCUT2D eigenvalue weighted by Crippen LogP contribution is -2.43. The average Bonchev–Trinajstić information content (AvgIpc) is 3.24. The molecule has 12 heteroatoms. The van der Waals surface area contributed by atoms with Crippen molar-refractivity contribution in [2.24, 2.45) is 5.92 Å². The maximum atomic E-state index is 14.0. The van der Waals surface area contributed by atoms with Gasteiger partial charge in [-0.25, -0.2) is 12.8 Å². The number of nitrogens with zero attached hydrogens (tertiary/aromatic N) is 2. The van der Waals surface area contributed by atoms with E-state index in [4.69, 9.17) is 4.52 Å². The zero-order valence-electron chi connectivity index (χ0n) is 19.6. The second-order valence-electron chi connectivity index (χ2n) is 8.59. The molecule has 1 N–H and O–H groups in total. The highest BCUT2D eigenvalue weighted by Gasteiger charge is 2.37. The summed E-state index contributed by atoms with van der Waals surface area (Å²) in [7, 11) is -4.16. The third kappa shape index (κ3) is 5.91.